The topological polar surface area (TPSA) is 20.3 Å². The summed E-state index contributed by atoms with van der Waals surface area (Å²) in [6.45, 7) is 9.20. The Labute approximate surface area is 115 Å². The fourth-order valence-corrected chi connectivity index (χ4v) is 1.97. The van der Waals surface area contributed by atoms with Crippen molar-refractivity contribution in [1.82, 2.24) is 0 Å². The highest BCUT2D eigenvalue weighted by Crippen LogP contribution is 2.21. The van der Waals surface area contributed by atoms with E-state index < -0.39 is 0 Å². The maximum Gasteiger partial charge on any atom is 0.241 e. The number of hydrogen-bond acceptors (Lipinski definition) is 1. The summed E-state index contributed by atoms with van der Waals surface area (Å²) in [5.74, 6) is 0.907. The third kappa shape index (κ3) is 4.02. The van der Waals surface area contributed by atoms with Crippen LogP contribution in [0.2, 0.25) is 0 Å². The highest BCUT2D eigenvalue weighted by Gasteiger charge is 2.16. The molecule has 3 heteroatoms. The minimum atomic E-state index is -0.0392. The monoisotopic (exact) mass is 267 g/mol. The van der Waals surface area contributed by atoms with Crippen molar-refractivity contribution in [2.45, 2.75) is 33.6 Å². The molecule has 0 radical (unpaired) electrons. The fourth-order valence-electron chi connectivity index (χ4n) is 1.83. The molecular formula is C15H22ClNO. The van der Waals surface area contributed by atoms with Gasteiger partial charge >= 0.3 is 0 Å². The molecule has 0 fully saturated rings. The number of halogens is 1. The van der Waals surface area contributed by atoms with Crippen LogP contribution in [-0.4, -0.2) is 18.3 Å². The molecule has 18 heavy (non-hydrogen) atoms. The molecule has 1 amide bonds. The van der Waals surface area contributed by atoms with Gasteiger partial charge in [-0.1, -0.05) is 39.8 Å². The van der Waals surface area contributed by atoms with E-state index in [1.165, 1.54) is 5.56 Å². The molecule has 1 aromatic carbocycles. The Hall–Kier alpha value is -1.02. The van der Waals surface area contributed by atoms with E-state index in [0.29, 0.717) is 18.4 Å². The number of benzene rings is 1. The van der Waals surface area contributed by atoms with Crippen molar-refractivity contribution < 1.29 is 4.79 Å². The van der Waals surface area contributed by atoms with E-state index in [2.05, 4.69) is 39.8 Å². The summed E-state index contributed by atoms with van der Waals surface area (Å²) >= 11 is 5.67. The maximum atomic E-state index is 11.9. The number of carbonyl (C=O) groups excluding carboxylic acids is 1. The second kappa shape index (κ2) is 6.79. The Morgan fingerprint density at radius 2 is 1.72 bits per heavy atom. The molecule has 0 saturated carbocycles. The van der Waals surface area contributed by atoms with Crippen LogP contribution in [0.25, 0.3) is 0 Å². The number of anilines is 1. The quantitative estimate of drug-likeness (QED) is 0.738. The number of rotatable bonds is 5. The Kier molecular flexibility index (Phi) is 5.67. The second-order valence-electron chi connectivity index (χ2n) is 5.28. The van der Waals surface area contributed by atoms with Crippen LogP contribution in [0.3, 0.4) is 0 Å². The standard InChI is InChI=1S/C15H22ClNO/c1-11(2)10-17(15(18)9-16)14-7-5-13(6-8-14)12(3)4/h5-8,11-12H,9-10H2,1-4H3. The maximum absolute atomic E-state index is 11.9. The third-order valence-electron chi connectivity index (χ3n) is 2.83. The molecule has 2 nitrogen and oxygen atoms in total. The first kappa shape index (κ1) is 15.0. The summed E-state index contributed by atoms with van der Waals surface area (Å²) < 4.78 is 0. The van der Waals surface area contributed by atoms with Gasteiger partial charge in [0.1, 0.15) is 5.88 Å². The molecule has 0 aliphatic carbocycles. The molecule has 0 spiro atoms. The average molecular weight is 268 g/mol. The molecule has 0 aromatic heterocycles. The predicted octanol–water partition coefficient (Wildman–Crippen LogP) is 4.04. The highest BCUT2D eigenvalue weighted by atomic mass is 35.5. The minimum Gasteiger partial charge on any atom is -0.311 e. The Morgan fingerprint density at radius 3 is 2.11 bits per heavy atom. The molecule has 1 rings (SSSR count). The van der Waals surface area contributed by atoms with Crippen LogP contribution in [0.4, 0.5) is 5.69 Å². The molecule has 0 saturated heterocycles. The lowest BCUT2D eigenvalue weighted by molar-refractivity contribution is -0.116. The van der Waals surface area contributed by atoms with E-state index in [4.69, 9.17) is 11.6 Å². The summed E-state index contributed by atoms with van der Waals surface area (Å²) in [5.41, 5.74) is 2.21. The van der Waals surface area contributed by atoms with Crippen molar-refractivity contribution in [3.8, 4) is 0 Å². The minimum absolute atomic E-state index is 0.0264. The van der Waals surface area contributed by atoms with E-state index >= 15 is 0 Å². The first-order chi connectivity index (χ1) is 8.45. The third-order valence-corrected chi connectivity index (χ3v) is 3.06. The van der Waals surface area contributed by atoms with Crippen molar-refractivity contribution in [3.63, 3.8) is 0 Å². The molecule has 0 unspecified atom stereocenters. The van der Waals surface area contributed by atoms with E-state index in [0.717, 1.165) is 5.69 Å². The van der Waals surface area contributed by atoms with Crippen LogP contribution in [-0.2, 0) is 4.79 Å². The summed E-state index contributed by atoms with van der Waals surface area (Å²) in [6.07, 6.45) is 0. The molecular weight excluding hydrogens is 246 g/mol. The number of alkyl halides is 1. The van der Waals surface area contributed by atoms with E-state index in [-0.39, 0.29) is 11.8 Å². The molecule has 0 N–H and O–H groups in total. The molecule has 0 heterocycles. The van der Waals surface area contributed by atoms with Gasteiger partial charge in [0.2, 0.25) is 5.91 Å². The number of hydrogen-bond donors (Lipinski definition) is 0. The Morgan fingerprint density at radius 1 is 1.17 bits per heavy atom. The predicted molar refractivity (Wildman–Crippen MR) is 78.4 cm³/mol. The smallest absolute Gasteiger partial charge is 0.241 e. The van der Waals surface area contributed by atoms with Crippen molar-refractivity contribution >= 4 is 23.2 Å². The summed E-state index contributed by atoms with van der Waals surface area (Å²) in [7, 11) is 0. The molecule has 1 aromatic rings. The summed E-state index contributed by atoms with van der Waals surface area (Å²) in [5, 5.41) is 0. The lowest BCUT2D eigenvalue weighted by atomic mass is 10.0. The van der Waals surface area contributed by atoms with Crippen LogP contribution < -0.4 is 4.90 Å². The van der Waals surface area contributed by atoms with Crippen molar-refractivity contribution in [2.75, 3.05) is 17.3 Å². The SMILES string of the molecule is CC(C)CN(C(=O)CCl)c1ccc(C(C)C)cc1. The van der Waals surface area contributed by atoms with Gasteiger partial charge in [0.05, 0.1) is 0 Å². The zero-order valence-corrected chi connectivity index (χ0v) is 12.4. The normalized spacial score (nSPS) is 11.1. The van der Waals surface area contributed by atoms with Crippen LogP contribution >= 0.6 is 11.6 Å². The van der Waals surface area contributed by atoms with Crippen LogP contribution in [0.5, 0.6) is 0 Å². The van der Waals surface area contributed by atoms with Gasteiger partial charge < -0.3 is 4.90 Å². The highest BCUT2D eigenvalue weighted by molar-refractivity contribution is 6.29. The molecule has 0 bridgehead atoms. The van der Waals surface area contributed by atoms with Gasteiger partial charge in [-0.2, -0.15) is 0 Å². The summed E-state index contributed by atoms with van der Waals surface area (Å²) in [4.78, 5) is 13.6. The van der Waals surface area contributed by atoms with Gasteiger partial charge in [-0.15, -0.1) is 11.6 Å². The van der Waals surface area contributed by atoms with Gasteiger partial charge in [-0.25, -0.2) is 0 Å². The number of nitrogens with zero attached hydrogens (tertiary/aromatic N) is 1. The van der Waals surface area contributed by atoms with Crippen LogP contribution in [0.15, 0.2) is 24.3 Å². The van der Waals surface area contributed by atoms with Crippen LogP contribution in [0.1, 0.15) is 39.2 Å². The first-order valence-corrected chi connectivity index (χ1v) is 6.95. The molecule has 0 aliphatic heterocycles. The average Bonchev–Trinajstić information content (AvgIpc) is 2.35. The van der Waals surface area contributed by atoms with E-state index in [1.54, 1.807) is 4.90 Å². The first-order valence-electron chi connectivity index (χ1n) is 6.42. The molecule has 0 atom stereocenters. The van der Waals surface area contributed by atoms with Crippen LogP contribution in [0, 0.1) is 5.92 Å². The Balaban J connectivity index is 2.94. The van der Waals surface area contributed by atoms with Gasteiger partial charge in [0.25, 0.3) is 0 Å². The largest absolute Gasteiger partial charge is 0.311 e. The fraction of sp³-hybridized carbons (Fsp3) is 0.533. The second-order valence-corrected chi connectivity index (χ2v) is 5.55. The van der Waals surface area contributed by atoms with Crippen molar-refractivity contribution in [2.24, 2.45) is 5.92 Å². The number of amides is 1. The van der Waals surface area contributed by atoms with Crippen molar-refractivity contribution in [3.05, 3.63) is 29.8 Å². The molecule has 100 valence electrons. The zero-order chi connectivity index (χ0) is 13.7. The summed E-state index contributed by atoms with van der Waals surface area (Å²) in [6, 6.07) is 8.16. The van der Waals surface area contributed by atoms with E-state index in [9.17, 15) is 4.79 Å². The Bertz CT molecular complexity index is 384. The lowest BCUT2D eigenvalue weighted by Crippen LogP contribution is -2.35. The van der Waals surface area contributed by atoms with Gasteiger partial charge in [0.15, 0.2) is 0 Å². The van der Waals surface area contributed by atoms with Gasteiger partial charge in [0, 0.05) is 12.2 Å². The van der Waals surface area contributed by atoms with E-state index in [1.807, 2.05) is 12.1 Å². The van der Waals surface area contributed by atoms with Gasteiger partial charge in [-0.3, -0.25) is 4.79 Å². The molecule has 0 aliphatic rings. The van der Waals surface area contributed by atoms with Gasteiger partial charge in [-0.05, 0) is 29.5 Å². The zero-order valence-electron chi connectivity index (χ0n) is 11.6. The lowest BCUT2D eigenvalue weighted by Gasteiger charge is -2.24. The van der Waals surface area contributed by atoms with Crippen molar-refractivity contribution in [1.29, 1.82) is 0 Å². The number of carbonyl (C=O) groups is 1.